The van der Waals surface area contributed by atoms with Gasteiger partial charge in [-0.2, -0.15) is 0 Å². The highest BCUT2D eigenvalue weighted by atomic mass is 33.8. The molecule has 0 spiro atoms. The zero-order chi connectivity index (χ0) is 15.7. The Balaban J connectivity index is 1.96. The van der Waals surface area contributed by atoms with E-state index in [9.17, 15) is 0 Å². The third kappa shape index (κ3) is 2.79. The molecule has 0 amide bonds. The van der Waals surface area contributed by atoms with Gasteiger partial charge < -0.3 is 9.47 Å². The molecule has 0 saturated carbocycles. The minimum Gasteiger partial charge on any atom is -0.496 e. The van der Waals surface area contributed by atoms with E-state index in [1.165, 1.54) is 5.30 Å². The minimum atomic E-state index is -1.80. The highest BCUT2D eigenvalue weighted by Gasteiger charge is 2.46. The topological polar surface area (TPSA) is 18.5 Å². The number of hydrogen-bond acceptors (Lipinski definition) is 5. The maximum atomic E-state index is 6.01. The zero-order valence-corrected chi connectivity index (χ0v) is 17.0. The number of methoxy groups -OCH3 is 2. The molecular weight excluding hydrogens is 390 g/mol. The van der Waals surface area contributed by atoms with Crippen LogP contribution in [0.4, 0.5) is 0 Å². The Morgan fingerprint density at radius 3 is 2.23 bits per heavy atom. The fourth-order valence-electron chi connectivity index (χ4n) is 2.12. The van der Waals surface area contributed by atoms with Crippen LogP contribution in [0.2, 0.25) is 0 Å². The molecule has 22 heavy (non-hydrogen) atoms. The van der Waals surface area contributed by atoms with Crippen molar-refractivity contribution in [3.63, 3.8) is 0 Å². The van der Waals surface area contributed by atoms with E-state index in [4.69, 9.17) is 32.5 Å². The second kappa shape index (κ2) is 6.88. The molecule has 2 aromatic carbocycles. The van der Waals surface area contributed by atoms with Crippen molar-refractivity contribution in [2.45, 2.75) is 0 Å². The quantitative estimate of drug-likeness (QED) is 0.712. The van der Waals surface area contributed by atoms with E-state index < -0.39 is 10.8 Å². The monoisotopic (exact) mass is 404 g/mol. The summed E-state index contributed by atoms with van der Waals surface area (Å²) in [6.45, 7) is 0. The Hall–Kier alpha value is 0.0400. The van der Waals surface area contributed by atoms with Crippen LogP contribution in [0.5, 0.6) is 11.5 Å². The van der Waals surface area contributed by atoms with E-state index in [0.717, 1.165) is 16.8 Å². The van der Waals surface area contributed by atoms with Gasteiger partial charge in [-0.1, -0.05) is 47.1 Å². The first-order chi connectivity index (χ1) is 10.6. The van der Waals surface area contributed by atoms with Crippen molar-refractivity contribution in [3.05, 3.63) is 48.5 Å². The maximum absolute atomic E-state index is 6.01. The smallest absolute Gasteiger partial charge is 0.128 e. The van der Waals surface area contributed by atoms with E-state index in [1.54, 1.807) is 14.2 Å². The lowest BCUT2D eigenvalue weighted by molar-refractivity contribution is 0.418. The number of benzene rings is 2. The molecule has 1 saturated heterocycles. The molecule has 2 nitrogen and oxygen atoms in total. The van der Waals surface area contributed by atoms with Crippen molar-refractivity contribution in [1.82, 2.24) is 0 Å². The molecule has 0 radical (unpaired) electrons. The highest BCUT2D eigenvalue weighted by Crippen LogP contribution is 2.92. The van der Waals surface area contributed by atoms with Crippen LogP contribution in [0.1, 0.15) is 0 Å². The number of rotatable bonds is 4. The Morgan fingerprint density at radius 1 is 1.00 bits per heavy atom. The lowest BCUT2D eigenvalue weighted by Gasteiger charge is -2.40. The van der Waals surface area contributed by atoms with E-state index in [0.29, 0.717) is 0 Å². The van der Waals surface area contributed by atoms with Crippen LogP contribution in [0.3, 0.4) is 0 Å². The number of para-hydroxylation sites is 2. The average Bonchev–Trinajstić information content (AvgIpc) is 2.59. The molecule has 0 N–H and O–H groups in total. The fraction of sp³-hybridized carbons (Fsp3) is 0.143. The predicted molar refractivity (Wildman–Crippen MR) is 109 cm³/mol. The summed E-state index contributed by atoms with van der Waals surface area (Å²) >= 11 is 13.8. The van der Waals surface area contributed by atoms with Gasteiger partial charge in [-0.05, 0) is 44.1 Å². The molecule has 8 heteroatoms. The molecule has 1 aliphatic rings. The van der Waals surface area contributed by atoms with Crippen molar-refractivity contribution >= 4 is 64.1 Å². The van der Waals surface area contributed by atoms with E-state index in [2.05, 4.69) is 12.1 Å². The third-order valence-corrected chi connectivity index (χ3v) is 37.4. The maximum Gasteiger partial charge on any atom is 0.128 e. The van der Waals surface area contributed by atoms with Gasteiger partial charge in [0.15, 0.2) is 0 Å². The van der Waals surface area contributed by atoms with Gasteiger partial charge in [-0.3, -0.25) is 0 Å². The fourth-order valence-corrected chi connectivity index (χ4v) is 37.2. The molecule has 0 aromatic heterocycles. The summed E-state index contributed by atoms with van der Waals surface area (Å²) in [6, 6.07) is 16.2. The Kier molecular flexibility index (Phi) is 5.28. The molecule has 0 bridgehead atoms. The predicted octanol–water partition coefficient (Wildman–Crippen LogP) is 4.10. The third-order valence-electron chi connectivity index (χ3n) is 3.19. The van der Waals surface area contributed by atoms with Crippen LogP contribution in [0.25, 0.3) is 0 Å². The van der Waals surface area contributed by atoms with Crippen molar-refractivity contribution in [1.29, 1.82) is 0 Å². The van der Waals surface area contributed by atoms with Crippen LogP contribution in [0.15, 0.2) is 48.5 Å². The standard InChI is InChI=1S/C14H14O2P2S4/c1-15-11-7-3-5-9-13(11)17-21-18(19,22(17)20)14-10-6-4-8-12(14)16-2/h3-10H,1-2H3. The minimum absolute atomic E-state index is 0.232. The molecule has 3 rings (SSSR count). The molecule has 1 fully saturated rings. The van der Waals surface area contributed by atoms with Gasteiger partial charge in [0.25, 0.3) is 0 Å². The second-order valence-electron chi connectivity index (χ2n) is 4.41. The van der Waals surface area contributed by atoms with Crippen molar-refractivity contribution in [3.8, 4) is 11.5 Å². The molecule has 1 aliphatic heterocycles. The summed E-state index contributed by atoms with van der Waals surface area (Å²) in [6.07, 6.45) is -0.486. The first-order valence-corrected chi connectivity index (χ1v) is 15.9. The van der Waals surface area contributed by atoms with Gasteiger partial charge >= 0.3 is 0 Å². The molecular formula is C14H14O2P2S4. The largest absolute Gasteiger partial charge is 0.496 e. The lowest BCUT2D eigenvalue weighted by atomic mass is 10.3. The first-order valence-electron chi connectivity index (χ1n) is 6.41. The number of ether oxygens (including phenoxy) is 2. The van der Waals surface area contributed by atoms with E-state index >= 15 is 0 Å². The summed E-state index contributed by atoms with van der Waals surface area (Å²) in [5.41, 5.74) is 0. The van der Waals surface area contributed by atoms with Gasteiger partial charge in [0.1, 0.15) is 15.9 Å². The molecule has 2 aromatic rings. The van der Waals surface area contributed by atoms with E-state index in [1.807, 2.05) is 47.4 Å². The summed E-state index contributed by atoms with van der Waals surface area (Å²) in [4.78, 5) is 0. The Labute approximate surface area is 147 Å². The Bertz CT molecular complexity index is 781. The molecule has 116 valence electrons. The summed E-state index contributed by atoms with van der Waals surface area (Å²) in [5.74, 6) is 1.79. The van der Waals surface area contributed by atoms with Crippen molar-refractivity contribution in [2.24, 2.45) is 0 Å². The van der Waals surface area contributed by atoms with Gasteiger partial charge in [-0.15, -0.1) is 0 Å². The van der Waals surface area contributed by atoms with E-state index in [-0.39, 0.29) is 8.69 Å². The molecule has 0 aliphatic carbocycles. The van der Waals surface area contributed by atoms with Gasteiger partial charge in [0.2, 0.25) is 0 Å². The normalized spacial score (nSPS) is 27.0. The summed E-state index contributed by atoms with van der Waals surface area (Å²) in [7, 11) is 3.16. The van der Waals surface area contributed by atoms with Gasteiger partial charge in [0, 0.05) is 10.6 Å². The van der Waals surface area contributed by atoms with Crippen LogP contribution in [-0.2, 0) is 31.7 Å². The molecule has 1 heterocycles. The zero-order valence-electron chi connectivity index (χ0n) is 12.0. The summed E-state index contributed by atoms with van der Waals surface area (Å²) < 4.78 is 9.17. The van der Waals surface area contributed by atoms with Crippen LogP contribution in [-0.4, -0.2) is 14.2 Å². The second-order valence-corrected chi connectivity index (χ2v) is 24.9. The lowest BCUT2D eigenvalue weighted by Crippen LogP contribution is -2.17. The first kappa shape index (κ1) is 16.9. The Morgan fingerprint density at radius 2 is 1.59 bits per heavy atom. The SMILES string of the molecule is COc1ccccc1P1SP(=S)(c2ccccc2OC)S1=S. The van der Waals surface area contributed by atoms with Crippen LogP contribution in [0, 0.1) is 0 Å². The molecule has 3 unspecified atom stereocenters. The molecule has 3 atom stereocenters. The van der Waals surface area contributed by atoms with Crippen LogP contribution >= 0.6 is 21.8 Å². The van der Waals surface area contributed by atoms with Crippen molar-refractivity contribution in [2.75, 3.05) is 14.2 Å². The average molecular weight is 404 g/mol. The van der Waals surface area contributed by atoms with Crippen molar-refractivity contribution < 1.29 is 9.47 Å². The number of hydrogen-bond donors (Lipinski definition) is 0. The van der Waals surface area contributed by atoms with Gasteiger partial charge in [-0.25, -0.2) is 0 Å². The van der Waals surface area contributed by atoms with Gasteiger partial charge in [0.05, 0.1) is 20.5 Å². The summed E-state index contributed by atoms with van der Waals surface area (Å²) in [5, 5.41) is 2.35. The highest BCUT2D eigenvalue weighted by molar-refractivity contribution is 9.43. The van der Waals surface area contributed by atoms with Crippen LogP contribution < -0.4 is 20.1 Å².